The van der Waals surface area contributed by atoms with Gasteiger partial charge in [0.2, 0.25) is 0 Å². The maximum atomic E-state index is 5.16. The van der Waals surface area contributed by atoms with E-state index >= 15 is 0 Å². The van der Waals surface area contributed by atoms with Gasteiger partial charge in [0, 0.05) is 29.1 Å². The SMILES string of the molecule is c1ccc(-c2ccc(-c3nc(-c4ccccc4)nc(-c4cc(-c5ccncc5)cc(-c5ccc6c7ccccc7c7ccccc7c6c5)c4)n3)cc2)cc1. The fraction of sp³-hybridized carbons (Fsp3) is 0. The van der Waals surface area contributed by atoms with E-state index in [4.69, 9.17) is 15.0 Å². The molecule has 2 aromatic heterocycles. The molecule has 0 aliphatic carbocycles. The number of nitrogens with zero attached hydrogens (tertiary/aromatic N) is 4. The fourth-order valence-electron chi connectivity index (χ4n) is 7.51. The second-order valence-electron chi connectivity index (χ2n) is 13.5. The van der Waals surface area contributed by atoms with Crippen LogP contribution in [0.1, 0.15) is 0 Å². The van der Waals surface area contributed by atoms with E-state index in [1.165, 1.54) is 37.9 Å². The van der Waals surface area contributed by atoms with Crippen LogP contribution in [0, 0.1) is 0 Å². The monoisotopic (exact) mass is 688 g/mol. The first-order chi connectivity index (χ1) is 26.7. The van der Waals surface area contributed by atoms with E-state index in [-0.39, 0.29) is 0 Å². The molecule has 0 N–H and O–H groups in total. The summed E-state index contributed by atoms with van der Waals surface area (Å²) >= 11 is 0. The molecule has 2 heterocycles. The molecule has 54 heavy (non-hydrogen) atoms. The van der Waals surface area contributed by atoms with Crippen molar-refractivity contribution in [2.24, 2.45) is 0 Å². The number of fused-ring (bicyclic) bond motifs is 6. The van der Waals surface area contributed by atoms with Gasteiger partial charge in [-0.2, -0.15) is 0 Å². The molecule has 0 bridgehead atoms. The molecule has 4 nitrogen and oxygen atoms in total. The Morgan fingerprint density at radius 2 is 0.593 bits per heavy atom. The molecule has 0 fully saturated rings. The van der Waals surface area contributed by atoms with Crippen LogP contribution in [0.4, 0.5) is 0 Å². The Morgan fingerprint density at radius 1 is 0.222 bits per heavy atom. The molecule has 0 spiro atoms. The first kappa shape index (κ1) is 31.4. The van der Waals surface area contributed by atoms with Crippen molar-refractivity contribution in [3.05, 3.63) is 194 Å². The van der Waals surface area contributed by atoms with Crippen molar-refractivity contribution in [3.63, 3.8) is 0 Å². The summed E-state index contributed by atoms with van der Waals surface area (Å²) in [5.41, 5.74) is 9.40. The molecule has 0 unspecified atom stereocenters. The Bertz CT molecular complexity index is 2930. The lowest BCUT2D eigenvalue weighted by Gasteiger charge is -2.14. The van der Waals surface area contributed by atoms with Crippen molar-refractivity contribution in [2.75, 3.05) is 0 Å². The van der Waals surface area contributed by atoms with Gasteiger partial charge in [-0.15, -0.1) is 0 Å². The first-order valence-electron chi connectivity index (χ1n) is 18.1. The van der Waals surface area contributed by atoms with Gasteiger partial charge in [0.05, 0.1) is 0 Å². The van der Waals surface area contributed by atoms with E-state index in [1.807, 2.05) is 60.9 Å². The van der Waals surface area contributed by atoms with E-state index in [2.05, 4.69) is 138 Å². The average molecular weight is 689 g/mol. The standard InChI is InChI=1S/C50H32N4/c1-3-11-33(12-4-1)34-19-21-37(22-20-34)49-52-48(36-13-5-2-6-14-36)53-50(54-49)41-30-39(35-25-27-51-28-26-35)29-40(31-41)38-23-24-46-44-17-8-7-15-42(44)43-16-9-10-18-45(43)47(46)32-38/h1-32H. The second-order valence-corrected chi connectivity index (χ2v) is 13.5. The van der Waals surface area contributed by atoms with Crippen molar-refractivity contribution < 1.29 is 0 Å². The van der Waals surface area contributed by atoms with Crippen molar-refractivity contribution in [3.8, 4) is 67.5 Å². The summed E-state index contributed by atoms with van der Waals surface area (Å²) in [6, 6.07) is 64.0. The quantitative estimate of drug-likeness (QED) is 0.163. The molecule has 0 atom stereocenters. The molecule has 0 saturated heterocycles. The summed E-state index contributed by atoms with van der Waals surface area (Å²) in [7, 11) is 0. The molecule has 0 aliphatic heterocycles. The maximum Gasteiger partial charge on any atom is 0.164 e. The number of benzene rings is 8. The number of pyridine rings is 1. The zero-order chi connectivity index (χ0) is 35.8. The van der Waals surface area contributed by atoms with Gasteiger partial charge >= 0.3 is 0 Å². The molecule has 10 aromatic rings. The lowest BCUT2D eigenvalue weighted by atomic mass is 9.91. The molecular weight excluding hydrogens is 657 g/mol. The molecule has 0 saturated carbocycles. The van der Waals surface area contributed by atoms with Crippen LogP contribution in [-0.4, -0.2) is 19.9 Å². The average Bonchev–Trinajstić information content (AvgIpc) is 3.27. The van der Waals surface area contributed by atoms with Crippen LogP contribution in [-0.2, 0) is 0 Å². The summed E-state index contributed by atoms with van der Waals surface area (Å²) in [6.45, 7) is 0. The van der Waals surface area contributed by atoms with E-state index in [1.54, 1.807) is 0 Å². The Labute approximate surface area is 313 Å². The molecule has 4 heteroatoms. The van der Waals surface area contributed by atoms with Gasteiger partial charge in [0.1, 0.15) is 0 Å². The first-order valence-corrected chi connectivity index (χ1v) is 18.1. The van der Waals surface area contributed by atoms with Gasteiger partial charge < -0.3 is 0 Å². The van der Waals surface area contributed by atoms with Crippen molar-refractivity contribution in [1.82, 2.24) is 19.9 Å². The minimum absolute atomic E-state index is 0.611. The predicted octanol–water partition coefficient (Wildman–Crippen LogP) is 12.7. The molecular formula is C50H32N4. The smallest absolute Gasteiger partial charge is 0.164 e. The van der Waals surface area contributed by atoms with Crippen LogP contribution in [0.25, 0.3) is 99.9 Å². The number of aromatic nitrogens is 4. The van der Waals surface area contributed by atoms with E-state index in [0.717, 1.165) is 44.5 Å². The van der Waals surface area contributed by atoms with Gasteiger partial charge in [-0.1, -0.05) is 146 Å². The predicted molar refractivity (Wildman–Crippen MR) is 223 cm³/mol. The van der Waals surface area contributed by atoms with Gasteiger partial charge in [0.25, 0.3) is 0 Å². The van der Waals surface area contributed by atoms with Crippen molar-refractivity contribution >= 4 is 32.3 Å². The highest BCUT2D eigenvalue weighted by Gasteiger charge is 2.16. The third kappa shape index (κ3) is 5.76. The van der Waals surface area contributed by atoms with Crippen LogP contribution in [0.2, 0.25) is 0 Å². The number of hydrogen-bond acceptors (Lipinski definition) is 4. The normalized spacial score (nSPS) is 11.3. The third-order valence-electron chi connectivity index (χ3n) is 10.2. The van der Waals surface area contributed by atoms with E-state index in [0.29, 0.717) is 17.5 Å². The van der Waals surface area contributed by atoms with Crippen LogP contribution < -0.4 is 0 Å². The topological polar surface area (TPSA) is 51.6 Å². The number of hydrogen-bond donors (Lipinski definition) is 0. The van der Waals surface area contributed by atoms with Crippen LogP contribution >= 0.6 is 0 Å². The van der Waals surface area contributed by atoms with Crippen molar-refractivity contribution in [2.45, 2.75) is 0 Å². The summed E-state index contributed by atoms with van der Waals surface area (Å²) < 4.78 is 0. The van der Waals surface area contributed by atoms with Crippen molar-refractivity contribution in [1.29, 1.82) is 0 Å². The minimum Gasteiger partial charge on any atom is -0.265 e. The van der Waals surface area contributed by atoms with Gasteiger partial charge in [0.15, 0.2) is 17.5 Å². The number of rotatable bonds is 6. The Hall–Kier alpha value is -7.30. The minimum atomic E-state index is 0.611. The summed E-state index contributed by atoms with van der Waals surface area (Å²) in [6.07, 6.45) is 3.67. The van der Waals surface area contributed by atoms with Crippen LogP contribution in [0.3, 0.4) is 0 Å². The molecule has 0 aliphatic rings. The Morgan fingerprint density at radius 3 is 1.19 bits per heavy atom. The van der Waals surface area contributed by atoms with E-state index in [9.17, 15) is 0 Å². The Kier molecular flexibility index (Phi) is 7.77. The maximum absolute atomic E-state index is 5.16. The van der Waals surface area contributed by atoms with E-state index < -0.39 is 0 Å². The molecule has 0 amide bonds. The largest absolute Gasteiger partial charge is 0.265 e. The molecule has 252 valence electrons. The molecule has 0 radical (unpaired) electrons. The highest BCUT2D eigenvalue weighted by Crippen LogP contribution is 2.39. The van der Waals surface area contributed by atoms with Gasteiger partial charge in [-0.25, -0.2) is 15.0 Å². The lowest BCUT2D eigenvalue weighted by molar-refractivity contribution is 1.07. The van der Waals surface area contributed by atoms with Crippen LogP contribution in [0.15, 0.2) is 194 Å². The Balaban J connectivity index is 1.17. The fourth-order valence-corrected chi connectivity index (χ4v) is 7.51. The summed E-state index contributed by atoms with van der Waals surface area (Å²) in [5.74, 6) is 1.86. The highest BCUT2D eigenvalue weighted by atomic mass is 15.0. The van der Waals surface area contributed by atoms with Crippen LogP contribution in [0.5, 0.6) is 0 Å². The molecule has 10 rings (SSSR count). The third-order valence-corrected chi connectivity index (χ3v) is 10.2. The zero-order valence-corrected chi connectivity index (χ0v) is 29.3. The zero-order valence-electron chi connectivity index (χ0n) is 29.3. The van der Waals surface area contributed by atoms with Gasteiger partial charge in [-0.05, 0) is 102 Å². The van der Waals surface area contributed by atoms with Gasteiger partial charge in [-0.3, -0.25) is 4.98 Å². The second kappa shape index (κ2) is 13.4. The highest BCUT2D eigenvalue weighted by molar-refractivity contribution is 6.25. The summed E-state index contributed by atoms with van der Waals surface area (Å²) in [4.78, 5) is 19.6. The lowest BCUT2D eigenvalue weighted by Crippen LogP contribution is -2.00. The molecule has 8 aromatic carbocycles. The summed E-state index contributed by atoms with van der Waals surface area (Å²) in [5, 5.41) is 7.49.